The standard InChI is InChI=1S/C22H26F2N3OPS/c1-5-10-17(11-8-9-14-25)15(2)20(28)27-21(30-4)26-16(3)18-12-6-7-13-19(18)22(23,24)29/h5-8,10-13,15-16H,1,9,29H2,2-4H3,(H,26,27,28)/b11-8-,17-10+/t15?,16-/m0/s1. The molecule has 1 amide bonds. The molecule has 0 saturated carbocycles. The predicted octanol–water partition coefficient (Wildman–Crippen LogP) is 5.73. The molecule has 1 aromatic rings. The highest BCUT2D eigenvalue weighted by atomic mass is 32.2. The van der Waals surface area contributed by atoms with Crippen molar-refractivity contribution in [1.29, 1.82) is 5.26 Å². The Morgan fingerprint density at radius 3 is 2.67 bits per heavy atom. The zero-order chi connectivity index (χ0) is 22.7. The van der Waals surface area contributed by atoms with E-state index >= 15 is 0 Å². The van der Waals surface area contributed by atoms with E-state index in [0.29, 0.717) is 16.3 Å². The number of halogens is 2. The summed E-state index contributed by atoms with van der Waals surface area (Å²) in [6, 6.07) is 7.64. The maximum Gasteiger partial charge on any atom is 0.284 e. The van der Waals surface area contributed by atoms with Gasteiger partial charge in [-0.25, -0.2) is 0 Å². The second-order valence-electron chi connectivity index (χ2n) is 6.40. The van der Waals surface area contributed by atoms with Crippen molar-refractivity contribution in [3.05, 3.63) is 71.8 Å². The van der Waals surface area contributed by atoms with Crippen LogP contribution in [-0.2, 0) is 10.5 Å². The van der Waals surface area contributed by atoms with Gasteiger partial charge in [-0.3, -0.25) is 9.79 Å². The van der Waals surface area contributed by atoms with Gasteiger partial charge in [-0.05, 0) is 31.2 Å². The molecule has 2 unspecified atom stereocenters. The summed E-state index contributed by atoms with van der Waals surface area (Å²) in [7, 11) is 1.55. The van der Waals surface area contributed by atoms with Crippen LogP contribution >= 0.6 is 21.0 Å². The van der Waals surface area contributed by atoms with Gasteiger partial charge < -0.3 is 5.32 Å². The van der Waals surface area contributed by atoms with Crippen LogP contribution in [0.15, 0.2) is 65.7 Å². The van der Waals surface area contributed by atoms with Crippen molar-refractivity contribution >= 4 is 32.1 Å². The molecule has 0 aliphatic rings. The minimum absolute atomic E-state index is 0.120. The quantitative estimate of drug-likeness (QED) is 0.239. The monoisotopic (exact) mass is 449 g/mol. The molecule has 0 fully saturated rings. The van der Waals surface area contributed by atoms with E-state index in [0.717, 1.165) is 0 Å². The van der Waals surface area contributed by atoms with Crippen molar-refractivity contribution in [1.82, 2.24) is 5.32 Å². The minimum atomic E-state index is -3.07. The van der Waals surface area contributed by atoms with E-state index in [-0.39, 0.29) is 17.9 Å². The number of nitrogens with zero attached hydrogens (tertiary/aromatic N) is 2. The fourth-order valence-corrected chi connectivity index (χ4v) is 3.37. The van der Waals surface area contributed by atoms with Gasteiger partial charge in [0.2, 0.25) is 5.91 Å². The molecule has 0 bridgehead atoms. The lowest BCUT2D eigenvalue weighted by atomic mass is 9.99. The summed E-state index contributed by atoms with van der Waals surface area (Å²) < 4.78 is 27.8. The molecule has 0 aliphatic carbocycles. The molecule has 0 heterocycles. The SMILES string of the molecule is C=C/C=C(\C=C/CC#N)C(C)C(=O)NC(=N[C@@H](C)c1ccccc1C(F)(F)P)SC. The van der Waals surface area contributed by atoms with Crippen LogP contribution in [0.2, 0.25) is 0 Å². The first-order chi connectivity index (χ1) is 14.1. The van der Waals surface area contributed by atoms with E-state index in [1.165, 1.54) is 17.8 Å². The lowest BCUT2D eigenvalue weighted by Gasteiger charge is -2.19. The number of aliphatic imine (C=N–C) groups is 1. The first-order valence-corrected chi connectivity index (χ1v) is 11.0. The van der Waals surface area contributed by atoms with Gasteiger partial charge in [0.1, 0.15) is 0 Å². The predicted molar refractivity (Wildman–Crippen MR) is 124 cm³/mol. The van der Waals surface area contributed by atoms with Gasteiger partial charge in [-0.2, -0.15) is 14.0 Å². The largest absolute Gasteiger partial charge is 0.305 e. The van der Waals surface area contributed by atoms with Crippen LogP contribution in [0.3, 0.4) is 0 Å². The second kappa shape index (κ2) is 12.4. The Labute approximate surface area is 183 Å². The summed E-state index contributed by atoms with van der Waals surface area (Å²) in [5.74, 6) is -0.816. The number of allylic oxidation sites excluding steroid dienone is 4. The number of carbonyl (C=O) groups is 1. The number of benzene rings is 1. The number of nitrogens with one attached hydrogen (secondary N) is 1. The third-order valence-corrected chi connectivity index (χ3v) is 5.13. The van der Waals surface area contributed by atoms with Crippen molar-refractivity contribution in [3.63, 3.8) is 0 Å². The molecule has 30 heavy (non-hydrogen) atoms. The normalized spacial score (nSPS) is 14.8. The van der Waals surface area contributed by atoms with E-state index in [9.17, 15) is 13.6 Å². The lowest BCUT2D eigenvalue weighted by molar-refractivity contribution is -0.121. The van der Waals surface area contributed by atoms with Crippen LogP contribution in [0.1, 0.15) is 37.4 Å². The molecular formula is C22H26F2N3OPS. The van der Waals surface area contributed by atoms with Crippen LogP contribution in [-0.4, -0.2) is 17.3 Å². The summed E-state index contributed by atoms with van der Waals surface area (Å²) in [6.45, 7) is 7.08. The lowest BCUT2D eigenvalue weighted by Crippen LogP contribution is -2.34. The van der Waals surface area contributed by atoms with Crippen LogP contribution in [0.5, 0.6) is 0 Å². The number of amides is 1. The molecule has 1 N–H and O–H groups in total. The number of rotatable bonds is 8. The molecule has 160 valence electrons. The molecular weight excluding hydrogens is 423 g/mol. The first-order valence-electron chi connectivity index (χ1n) is 9.20. The van der Waals surface area contributed by atoms with Gasteiger partial charge in [0.15, 0.2) is 5.17 Å². The van der Waals surface area contributed by atoms with Crippen molar-refractivity contribution in [2.24, 2.45) is 10.9 Å². The van der Waals surface area contributed by atoms with Crippen LogP contribution in [0, 0.1) is 17.2 Å². The molecule has 0 aromatic heterocycles. The van der Waals surface area contributed by atoms with E-state index < -0.39 is 17.6 Å². The van der Waals surface area contributed by atoms with Gasteiger partial charge in [-0.15, -0.1) is 0 Å². The van der Waals surface area contributed by atoms with E-state index in [4.69, 9.17) is 5.26 Å². The summed E-state index contributed by atoms with van der Waals surface area (Å²) in [5, 5.41) is 11.8. The molecule has 0 saturated heterocycles. The third-order valence-electron chi connectivity index (χ3n) is 4.23. The van der Waals surface area contributed by atoms with Crippen LogP contribution < -0.4 is 5.32 Å². The summed E-state index contributed by atoms with van der Waals surface area (Å²) in [5.41, 5.74) is -2.11. The summed E-state index contributed by atoms with van der Waals surface area (Å²) >= 11 is 1.22. The molecule has 3 atom stereocenters. The fourth-order valence-electron chi connectivity index (χ4n) is 2.64. The Hall–Kier alpha value is -2.29. The van der Waals surface area contributed by atoms with Crippen molar-refractivity contribution in [2.75, 3.05) is 6.26 Å². The number of thioether (sulfide) groups is 1. The summed E-state index contributed by atoms with van der Waals surface area (Å²) in [6.07, 6.45) is 8.64. The zero-order valence-electron chi connectivity index (χ0n) is 17.2. The minimum Gasteiger partial charge on any atom is -0.305 e. The Morgan fingerprint density at radius 2 is 2.10 bits per heavy atom. The van der Waals surface area contributed by atoms with Crippen molar-refractivity contribution in [3.8, 4) is 6.07 Å². The van der Waals surface area contributed by atoms with Crippen molar-refractivity contribution in [2.45, 2.75) is 32.0 Å². The van der Waals surface area contributed by atoms with E-state index in [1.54, 1.807) is 71.8 Å². The maximum absolute atomic E-state index is 13.9. The first kappa shape index (κ1) is 25.7. The van der Waals surface area contributed by atoms with Gasteiger partial charge in [-0.1, -0.05) is 76.2 Å². The van der Waals surface area contributed by atoms with Gasteiger partial charge in [0.25, 0.3) is 5.66 Å². The molecule has 0 spiro atoms. The fraction of sp³-hybridized carbons (Fsp3) is 0.318. The van der Waals surface area contributed by atoms with Gasteiger partial charge >= 0.3 is 0 Å². The van der Waals surface area contributed by atoms with Gasteiger partial charge in [0, 0.05) is 5.56 Å². The highest BCUT2D eigenvalue weighted by molar-refractivity contribution is 8.13. The molecule has 1 rings (SSSR count). The average molecular weight is 450 g/mol. The number of hydrogen-bond acceptors (Lipinski definition) is 4. The van der Waals surface area contributed by atoms with E-state index in [2.05, 4.69) is 16.9 Å². The topological polar surface area (TPSA) is 65.2 Å². The highest BCUT2D eigenvalue weighted by Crippen LogP contribution is 2.39. The van der Waals surface area contributed by atoms with Gasteiger partial charge in [0.05, 0.1) is 24.4 Å². The Bertz CT molecular complexity index is 885. The molecule has 1 aromatic carbocycles. The number of alkyl halides is 2. The Morgan fingerprint density at radius 1 is 1.43 bits per heavy atom. The van der Waals surface area contributed by atoms with E-state index in [1.807, 2.05) is 6.07 Å². The number of hydrogen-bond donors (Lipinski definition) is 1. The highest BCUT2D eigenvalue weighted by Gasteiger charge is 2.29. The molecule has 0 aliphatic heterocycles. The molecule has 0 radical (unpaired) electrons. The zero-order valence-corrected chi connectivity index (χ0v) is 19.2. The number of carbonyl (C=O) groups excluding carboxylic acids is 1. The van der Waals surface area contributed by atoms with Crippen LogP contribution in [0.4, 0.5) is 8.78 Å². The molecule has 4 nitrogen and oxygen atoms in total. The second-order valence-corrected chi connectivity index (χ2v) is 7.92. The Kier molecular flexibility index (Phi) is 10.7. The number of nitriles is 1. The van der Waals surface area contributed by atoms with Crippen molar-refractivity contribution < 1.29 is 13.6 Å². The smallest absolute Gasteiger partial charge is 0.284 e. The maximum atomic E-state index is 13.9. The third kappa shape index (κ3) is 7.85. The van der Waals surface area contributed by atoms with Crippen LogP contribution in [0.25, 0.3) is 0 Å². The molecule has 8 heteroatoms. The summed E-state index contributed by atoms with van der Waals surface area (Å²) in [4.78, 5) is 17.1. The Balaban J connectivity index is 3.07. The average Bonchev–Trinajstić information content (AvgIpc) is 2.71. The number of amidine groups is 1.